The zero-order chi connectivity index (χ0) is 15.5. The van der Waals surface area contributed by atoms with Gasteiger partial charge in [0.2, 0.25) is 0 Å². The summed E-state index contributed by atoms with van der Waals surface area (Å²) in [5.74, 6) is 0.505. The molecule has 3 atom stereocenters. The minimum absolute atomic E-state index is 0.112. The molecule has 0 saturated heterocycles. The number of hydrogen-bond donors (Lipinski definition) is 1. The van der Waals surface area contributed by atoms with Gasteiger partial charge in [0, 0.05) is 18.1 Å². The first-order valence-electron chi connectivity index (χ1n) is 7.81. The lowest BCUT2D eigenvalue weighted by atomic mass is 9.95. The molecule has 0 aromatic heterocycles. The Bertz CT molecular complexity index is 330. The highest BCUT2D eigenvalue weighted by Gasteiger charge is 2.48. The molecule has 0 amide bonds. The van der Waals surface area contributed by atoms with Gasteiger partial charge in [-0.2, -0.15) is 0 Å². The number of carbonyl (C=O) groups is 1. The van der Waals surface area contributed by atoms with Gasteiger partial charge in [-0.3, -0.25) is 10.1 Å². The predicted molar refractivity (Wildman–Crippen MR) is 82.7 cm³/mol. The molecule has 0 radical (unpaired) electrons. The maximum atomic E-state index is 12.2. The highest BCUT2D eigenvalue weighted by molar-refractivity contribution is 5.81. The third-order valence-electron chi connectivity index (χ3n) is 4.81. The van der Waals surface area contributed by atoms with Gasteiger partial charge in [-0.05, 0) is 53.0 Å². The van der Waals surface area contributed by atoms with Crippen LogP contribution < -0.4 is 5.32 Å². The molecule has 1 aliphatic carbocycles. The SMILES string of the molecule is COC(=O)C1(NC(C)C)CCC(N(C)C(C)C(C)C)C1. The quantitative estimate of drug-likeness (QED) is 0.761. The Labute approximate surface area is 124 Å². The fourth-order valence-electron chi connectivity index (χ4n) is 3.29. The van der Waals surface area contributed by atoms with E-state index in [4.69, 9.17) is 4.74 Å². The average molecular weight is 284 g/mol. The molecule has 1 aliphatic rings. The molecule has 0 aliphatic heterocycles. The zero-order valence-electron chi connectivity index (χ0n) is 14.2. The standard InChI is InChI=1S/C16H32N2O2/c1-11(2)13(5)18(6)14-8-9-16(10-14,15(19)20-7)17-12(3)4/h11-14,17H,8-10H2,1-7H3. The Kier molecular flexibility index (Phi) is 6.02. The van der Waals surface area contributed by atoms with Crippen molar-refractivity contribution in [2.75, 3.05) is 14.2 Å². The van der Waals surface area contributed by atoms with E-state index in [1.165, 1.54) is 7.11 Å². The molecule has 4 nitrogen and oxygen atoms in total. The molecule has 4 heteroatoms. The molecule has 0 aromatic carbocycles. The largest absolute Gasteiger partial charge is 0.468 e. The maximum Gasteiger partial charge on any atom is 0.326 e. The van der Waals surface area contributed by atoms with Crippen LogP contribution >= 0.6 is 0 Å². The number of methoxy groups -OCH3 is 1. The van der Waals surface area contributed by atoms with E-state index in [0.717, 1.165) is 19.3 Å². The summed E-state index contributed by atoms with van der Waals surface area (Å²) < 4.78 is 5.05. The Morgan fingerprint density at radius 3 is 2.35 bits per heavy atom. The van der Waals surface area contributed by atoms with Crippen molar-refractivity contribution in [3.05, 3.63) is 0 Å². The van der Waals surface area contributed by atoms with Crippen LogP contribution in [0.5, 0.6) is 0 Å². The van der Waals surface area contributed by atoms with Crippen molar-refractivity contribution in [1.82, 2.24) is 10.2 Å². The van der Waals surface area contributed by atoms with Crippen LogP contribution in [0, 0.1) is 5.92 Å². The fraction of sp³-hybridized carbons (Fsp3) is 0.938. The lowest BCUT2D eigenvalue weighted by Crippen LogP contribution is -2.54. The Balaban J connectivity index is 2.81. The maximum absolute atomic E-state index is 12.2. The van der Waals surface area contributed by atoms with Gasteiger partial charge in [0.1, 0.15) is 5.54 Å². The third kappa shape index (κ3) is 3.73. The molecule has 0 aromatic rings. The van der Waals surface area contributed by atoms with Crippen LogP contribution in [0.25, 0.3) is 0 Å². The van der Waals surface area contributed by atoms with Crippen molar-refractivity contribution in [3.8, 4) is 0 Å². The molecule has 1 saturated carbocycles. The summed E-state index contributed by atoms with van der Waals surface area (Å²) in [7, 11) is 3.66. The number of ether oxygens (including phenoxy) is 1. The molecule has 0 heterocycles. The van der Waals surface area contributed by atoms with Crippen molar-refractivity contribution in [1.29, 1.82) is 0 Å². The lowest BCUT2D eigenvalue weighted by molar-refractivity contribution is -0.149. The topological polar surface area (TPSA) is 41.6 Å². The van der Waals surface area contributed by atoms with Crippen LogP contribution in [-0.2, 0) is 9.53 Å². The number of hydrogen-bond acceptors (Lipinski definition) is 4. The van der Waals surface area contributed by atoms with E-state index in [0.29, 0.717) is 18.0 Å². The molecular weight excluding hydrogens is 252 g/mol. The highest BCUT2D eigenvalue weighted by Crippen LogP contribution is 2.35. The second-order valence-electron chi connectivity index (χ2n) is 6.92. The minimum Gasteiger partial charge on any atom is -0.468 e. The predicted octanol–water partition coefficient (Wildman–Crippen LogP) is 2.42. The molecule has 3 unspecified atom stereocenters. The molecule has 1 rings (SSSR count). The Hall–Kier alpha value is -0.610. The van der Waals surface area contributed by atoms with Crippen molar-refractivity contribution < 1.29 is 9.53 Å². The molecule has 20 heavy (non-hydrogen) atoms. The number of nitrogens with zero attached hydrogens (tertiary/aromatic N) is 1. The van der Waals surface area contributed by atoms with Crippen LogP contribution in [0.15, 0.2) is 0 Å². The van der Waals surface area contributed by atoms with Crippen molar-refractivity contribution in [3.63, 3.8) is 0 Å². The first kappa shape index (κ1) is 17.4. The molecule has 1 N–H and O–H groups in total. The summed E-state index contributed by atoms with van der Waals surface area (Å²) in [6.07, 6.45) is 2.74. The normalized spacial score (nSPS) is 28.4. The number of esters is 1. The number of nitrogens with one attached hydrogen (secondary N) is 1. The lowest BCUT2D eigenvalue weighted by Gasteiger charge is -2.35. The van der Waals surface area contributed by atoms with Crippen LogP contribution in [0.1, 0.15) is 53.9 Å². The average Bonchev–Trinajstić information content (AvgIpc) is 2.80. The van der Waals surface area contributed by atoms with E-state index in [1.807, 2.05) is 0 Å². The van der Waals surface area contributed by atoms with Gasteiger partial charge in [0.05, 0.1) is 7.11 Å². The van der Waals surface area contributed by atoms with Gasteiger partial charge >= 0.3 is 5.97 Å². The van der Waals surface area contributed by atoms with E-state index in [9.17, 15) is 4.79 Å². The van der Waals surface area contributed by atoms with Crippen LogP contribution in [0.3, 0.4) is 0 Å². The van der Waals surface area contributed by atoms with E-state index < -0.39 is 5.54 Å². The summed E-state index contributed by atoms with van der Waals surface area (Å²) in [6, 6.07) is 1.24. The monoisotopic (exact) mass is 284 g/mol. The van der Waals surface area contributed by atoms with Crippen LogP contribution in [0.4, 0.5) is 0 Å². The van der Waals surface area contributed by atoms with E-state index >= 15 is 0 Å². The van der Waals surface area contributed by atoms with Crippen LogP contribution in [0.2, 0.25) is 0 Å². The summed E-state index contributed by atoms with van der Waals surface area (Å²) in [5.41, 5.74) is -0.501. The van der Waals surface area contributed by atoms with Gasteiger partial charge in [-0.1, -0.05) is 13.8 Å². The minimum atomic E-state index is -0.501. The van der Waals surface area contributed by atoms with Crippen LogP contribution in [-0.4, -0.2) is 48.7 Å². The summed E-state index contributed by atoms with van der Waals surface area (Å²) in [5, 5.41) is 3.46. The van der Waals surface area contributed by atoms with Gasteiger partial charge in [0.15, 0.2) is 0 Å². The van der Waals surface area contributed by atoms with E-state index in [2.05, 4.69) is 51.9 Å². The Morgan fingerprint density at radius 1 is 1.30 bits per heavy atom. The van der Waals surface area contributed by atoms with Gasteiger partial charge in [0.25, 0.3) is 0 Å². The molecule has 1 fully saturated rings. The van der Waals surface area contributed by atoms with E-state index in [1.54, 1.807) is 0 Å². The second kappa shape index (κ2) is 6.90. The third-order valence-corrected chi connectivity index (χ3v) is 4.81. The van der Waals surface area contributed by atoms with Crippen molar-refractivity contribution >= 4 is 5.97 Å². The number of rotatable bonds is 6. The van der Waals surface area contributed by atoms with Gasteiger partial charge in [-0.25, -0.2) is 0 Å². The first-order valence-corrected chi connectivity index (χ1v) is 7.81. The zero-order valence-corrected chi connectivity index (χ0v) is 14.2. The van der Waals surface area contributed by atoms with Crippen molar-refractivity contribution in [2.24, 2.45) is 5.92 Å². The van der Waals surface area contributed by atoms with E-state index in [-0.39, 0.29) is 12.0 Å². The summed E-state index contributed by atoms with van der Waals surface area (Å²) >= 11 is 0. The van der Waals surface area contributed by atoms with Crippen molar-refractivity contribution in [2.45, 2.75) is 77.5 Å². The first-order chi connectivity index (χ1) is 9.23. The smallest absolute Gasteiger partial charge is 0.326 e. The second-order valence-corrected chi connectivity index (χ2v) is 6.92. The molecule has 0 bridgehead atoms. The number of carbonyl (C=O) groups excluding carboxylic acids is 1. The van der Waals surface area contributed by atoms with Gasteiger partial charge < -0.3 is 9.64 Å². The summed E-state index contributed by atoms with van der Waals surface area (Å²) in [6.45, 7) is 10.9. The summed E-state index contributed by atoms with van der Waals surface area (Å²) in [4.78, 5) is 14.7. The molecule has 0 spiro atoms. The highest BCUT2D eigenvalue weighted by atomic mass is 16.5. The molecule has 118 valence electrons. The van der Waals surface area contributed by atoms with Gasteiger partial charge in [-0.15, -0.1) is 0 Å². The fourth-order valence-corrected chi connectivity index (χ4v) is 3.29. The Morgan fingerprint density at radius 2 is 1.90 bits per heavy atom. The molecular formula is C16H32N2O2.